The lowest BCUT2D eigenvalue weighted by atomic mass is 10.3. The van der Waals surface area contributed by atoms with Gasteiger partial charge in [-0.25, -0.2) is 12.7 Å². The van der Waals surface area contributed by atoms with Crippen molar-refractivity contribution in [3.05, 3.63) is 23.2 Å². The smallest absolute Gasteiger partial charge is 0.314 e. The third kappa shape index (κ3) is 2.97. The molecule has 1 aliphatic rings. The topological polar surface area (TPSA) is 63.7 Å². The molecule has 0 aliphatic heterocycles. The molecule has 0 heterocycles. The van der Waals surface area contributed by atoms with Crippen molar-refractivity contribution in [3.63, 3.8) is 0 Å². The predicted molar refractivity (Wildman–Crippen MR) is 75.2 cm³/mol. The van der Waals surface area contributed by atoms with Crippen LogP contribution >= 0.6 is 11.6 Å². The van der Waals surface area contributed by atoms with E-state index in [-0.39, 0.29) is 21.6 Å². The first-order valence-corrected chi connectivity index (χ1v) is 7.99. The van der Waals surface area contributed by atoms with E-state index in [2.05, 4.69) is 0 Å². The number of nitrogens with zero attached hydrogens (tertiary/aromatic N) is 1. The zero-order valence-corrected chi connectivity index (χ0v) is 13.0. The maximum absolute atomic E-state index is 12.2. The monoisotopic (exact) mass is 317 g/mol. The van der Waals surface area contributed by atoms with E-state index in [9.17, 15) is 13.2 Å². The molecule has 0 amide bonds. The molecule has 0 spiro atoms. The summed E-state index contributed by atoms with van der Waals surface area (Å²) in [5.74, 6) is -0.216. The minimum atomic E-state index is -3.72. The number of esters is 1. The molecule has 0 aromatic heterocycles. The van der Waals surface area contributed by atoms with E-state index in [1.165, 1.54) is 32.3 Å². The van der Waals surface area contributed by atoms with Crippen LogP contribution in [0.15, 0.2) is 23.1 Å². The lowest BCUT2D eigenvalue weighted by molar-refractivity contribution is -0.136. The Hall–Kier alpha value is -1.11. The van der Waals surface area contributed by atoms with Crippen LogP contribution in [0.1, 0.15) is 13.3 Å². The fraction of sp³-hybridized carbons (Fsp3) is 0.462. The molecular formula is C13H16ClNO4S. The summed E-state index contributed by atoms with van der Waals surface area (Å²) in [6.07, 6.45) is 0.780. The second-order valence-corrected chi connectivity index (χ2v) is 7.68. The lowest BCUT2D eigenvalue weighted by Crippen LogP contribution is -2.23. The molecule has 0 saturated heterocycles. The first kappa shape index (κ1) is 15.3. The van der Waals surface area contributed by atoms with Crippen molar-refractivity contribution in [1.82, 2.24) is 4.31 Å². The average molecular weight is 318 g/mol. The van der Waals surface area contributed by atoms with Crippen molar-refractivity contribution in [2.24, 2.45) is 11.8 Å². The van der Waals surface area contributed by atoms with Crippen molar-refractivity contribution >= 4 is 27.6 Å². The minimum Gasteiger partial charge on any atom is -0.425 e. The van der Waals surface area contributed by atoms with Gasteiger partial charge in [0.25, 0.3) is 0 Å². The molecule has 2 rings (SSSR count). The molecule has 20 heavy (non-hydrogen) atoms. The third-order valence-corrected chi connectivity index (χ3v) is 5.36. The molecule has 0 N–H and O–H groups in total. The number of rotatable bonds is 4. The van der Waals surface area contributed by atoms with Crippen molar-refractivity contribution in [3.8, 4) is 5.75 Å². The molecule has 1 aliphatic carbocycles. The Bertz CT molecular complexity index is 642. The van der Waals surface area contributed by atoms with Gasteiger partial charge in [-0.3, -0.25) is 4.79 Å². The van der Waals surface area contributed by atoms with Gasteiger partial charge in [0.15, 0.2) is 5.75 Å². The Balaban J connectivity index is 2.36. The van der Waals surface area contributed by atoms with Crippen LogP contribution in [-0.4, -0.2) is 32.8 Å². The van der Waals surface area contributed by atoms with E-state index < -0.39 is 16.0 Å². The fourth-order valence-electron chi connectivity index (χ4n) is 1.80. The van der Waals surface area contributed by atoms with Gasteiger partial charge in [-0.2, -0.15) is 0 Å². The Labute approximate surface area is 123 Å². The highest BCUT2D eigenvalue weighted by Crippen LogP contribution is 2.39. The number of sulfonamides is 1. The molecule has 1 saturated carbocycles. The van der Waals surface area contributed by atoms with Gasteiger partial charge in [-0.05, 0) is 30.5 Å². The number of carbonyl (C=O) groups is 1. The van der Waals surface area contributed by atoms with Crippen LogP contribution in [0.25, 0.3) is 0 Å². The van der Waals surface area contributed by atoms with Crippen molar-refractivity contribution in [2.45, 2.75) is 18.2 Å². The molecule has 110 valence electrons. The Morgan fingerprint density at radius 3 is 2.50 bits per heavy atom. The van der Waals surface area contributed by atoms with Gasteiger partial charge < -0.3 is 4.74 Å². The van der Waals surface area contributed by atoms with E-state index in [0.29, 0.717) is 5.92 Å². The summed E-state index contributed by atoms with van der Waals surface area (Å²) >= 11 is 5.84. The summed E-state index contributed by atoms with van der Waals surface area (Å²) in [5.41, 5.74) is 0. The normalized spacial score (nSPS) is 21.9. The molecule has 0 radical (unpaired) electrons. The van der Waals surface area contributed by atoms with Gasteiger partial charge in [0.1, 0.15) is 4.90 Å². The SMILES string of the molecule is CC1CC1C(=O)Oc1ccc(Cl)cc1S(=O)(=O)N(C)C. The van der Waals surface area contributed by atoms with Gasteiger partial charge in [0.2, 0.25) is 10.0 Å². The number of hydrogen-bond donors (Lipinski definition) is 0. The van der Waals surface area contributed by atoms with E-state index in [4.69, 9.17) is 16.3 Å². The van der Waals surface area contributed by atoms with Crippen molar-refractivity contribution in [1.29, 1.82) is 0 Å². The number of benzene rings is 1. The van der Waals surface area contributed by atoms with Crippen LogP contribution in [0.3, 0.4) is 0 Å². The fourth-order valence-corrected chi connectivity index (χ4v) is 3.07. The van der Waals surface area contributed by atoms with Gasteiger partial charge in [0.05, 0.1) is 5.92 Å². The predicted octanol–water partition coefficient (Wildman–Crippen LogP) is 2.15. The molecule has 1 aromatic carbocycles. The van der Waals surface area contributed by atoms with E-state index in [0.717, 1.165) is 10.7 Å². The highest BCUT2D eigenvalue weighted by Gasteiger charge is 2.41. The third-order valence-electron chi connectivity index (χ3n) is 3.29. The van der Waals surface area contributed by atoms with Crippen molar-refractivity contribution < 1.29 is 17.9 Å². The quantitative estimate of drug-likeness (QED) is 0.630. The molecule has 1 fully saturated rings. The largest absolute Gasteiger partial charge is 0.425 e. The van der Waals surface area contributed by atoms with E-state index >= 15 is 0 Å². The molecular weight excluding hydrogens is 302 g/mol. The van der Waals surface area contributed by atoms with Crippen LogP contribution in [0.5, 0.6) is 5.75 Å². The Morgan fingerprint density at radius 2 is 2.00 bits per heavy atom. The average Bonchev–Trinajstić information content (AvgIpc) is 3.08. The Kier molecular flexibility index (Phi) is 4.09. The van der Waals surface area contributed by atoms with Crippen LogP contribution in [0.4, 0.5) is 0 Å². The van der Waals surface area contributed by atoms with Crippen LogP contribution in [0.2, 0.25) is 5.02 Å². The zero-order valence-electron chi connectivity index (χ0n) is 11.5. The number of hydrogen-bond acceptors (Lipinski definition) is 4. The van der Waals surface area contributed by atoms with Crippen LogP contribution < -0.4 is 4.74 Å². The molecule has 2 unspecified atom stereocenters. The van der Waals surface area contributed by atoms with Crippen LogP contribution in [0, 0.1) is 11.8 Å². The highest BCUT2D eigenvalue weighted by atomic mass is 35.5. The maximum atomic E-state index is 12.2. The summed E-state index contributed by atoms with van der Waals surface area (Å²) < 4.78 is 30.7. The summed E-state index contributed by atoms with van der Waals surface area (Å²) in [6.45, 7) is 1.95. The summed E-state index contributed by atoms with van der Waals surface area (Å²) in [4.78, 5) is 11.8. The van der Waals surface area contributed by atoms with Gasteiger partial charge in [-0.15, -0.1) is 0 Å². The first-order chi connectivity index (χ1) is 9.23. The lowest BCUT2D eigenvalue weighted by Gasteiger charge is -2.15. The molecule has 2 atom stereocenters. The minimum absolute atomic E-state index is 0.0206. The summed E-state index contributed by atoms with van der Waals surface area (Å²) in [6, 6.07) is 4.19. The molecule has 5 nitrogen and oxygen atoms in total. The first-order valence-electron chi connectivity index (χ1n) is 6.17. The second kappa shape index (κ2) is 5.35. The van der Waals surface area contributed by atoms with E-state index in [1.807, 2.05) is 6.92 Å². The maximum Gasteiger partial charge on any atom is 0.314 e. The van der Waals surface area contributed by atoms with Crippen molar-refractivity contribution in [2.75, 3.05) is 14.1 Å². The number of carbonyl (C=O) groups excluding carboxylic acids is 1. The van der Waals surface area contributed by atoms with E-state index in [1.54, 1.807) is 0 Å². The second-order valence-electron chi connectivity index (χ2n) is 5.12. The van der Waals surface area contributed by atoms with Crippen LogP contribution in [-0.2, 0) is 14.8 Å². The standard InChI is InChI=1S/C13H16ClNO4S/c1-8-6-10(8)13(16)19-11-5-4-9(14)7-12(11)20(17,18)15(2)3/h4-5,7-8,10H,6H2,1-3H3. The highest BCUT2D eigenvalue weighted by molar-refractivity contribution is 7.89. The summed E-state index contributed by atoms with van der Waals surface area (Å²) in [5, 5.41) is 0.269. The van der Waals surface area contributed by atoms with Gasteiger partial charge in [-0.1, -0.05) is 18.5 Å². The molecule has 1 aromatic rings. The number of halogens is 1. The van der Waals surface area contributed by atoms with Gasteiger partial charge >= 0.3 is 5.97 Å². The zero-order chi connectivity index (χ0) is 15.1. The van der Waals surface area contributed by atoms with Gasteiger partial charge in [0, 0.05) is 19.1 Å². The summed E-state index contributed by atoms with van der Waals surface area (Å²) in [7, 11) is -0.908. The Morgan fingerprint density at radius 1 is 1.40 bits per heavy atom. The number of ether oxygens (including phenoxy) is 1. The molecule has 0 bridgehead atoms. The molecule has 7 heteroatoms.